The van der Waals surface area contributed by atoms with Gasteiger partial charge in [-0.15, -0.1) is 0 Å². The summed E-state index contributed by atoms with van der Waals surface area (Å²) in [5.41, 5.74) is 10.3. The van der Waals surface area contributed by atoms with Crippen molar-refractivity contribution in [1.29, 1.82) is 0 Å². The number of hydrogen-bond donors (Lipinski definition) is 2. The first-order valence-electron chi connectivity index (χ1n) is 9.80. The van der Waals surface area contributed by atoms with Gasteiger partial charge >= 0.3 is 5.69 Å². The third-order valence-corrected chi connectivity index (χ3v) is 4.77. The van der Waals surface area contributed by atoms with Crippen LogP contribution < -0.4 is 16.5 Å². The van der Waals surface area contributed by atoms with Crippen LogP contribution in [0.1, 0.15) is 37.5 Å². The summed E-state index contributed by atoms with van der Waals surface area (Å²) in [6, 6.07) is 16.3. The maximum absolute atomic E-state index is 12.6. The fourth-order valence-electron chi connectivity index (χ4n) is 3.31. The van der Waals surface area contributed by atoms with Crippen LogP contribution in [-0.4, -0.2) is 14.5 Å². The largest absolute Gasteiger partial charge is 0.352 e. The Labute approximate surface area is 165 Å². The maximum atomic E-state index is 12.6. The lowest BCUT2D eigenvalue weighted by Gasteiger charge is -2.17. The summed E-state index contributed by atoms with van der Waals surface area (Å²) in [6.07, 6.45) is 1.75. The van der Waals surface area contributed by atoms with Crippen molar-refractivity contribution in [2.24, 2.45) is 0 Å². The van der Waals surface area contributed by atoms with Gasteiger partial charge in [0.05, 0.1) is 0 Å². The molecule has 0 aliphatic carbocycles. The molecule has 28 heavy (non-hydrogen) atoms. The molecule has 1 heterocycles. The first-order valence-corrected chi connectivity index (χ1v) is 9.80. The topological polar surface area (TPSA) is 71.8 Å². The van der Waals surface area contributed by atoms with Crippen molar-refractivity contribution >= 4 is 5.95 Å². The molecule has 2 aromatic carbocycles. The summed E-state index contributed by atoms with van der Waals surface area (Å²) < 4.78 is 1.63. The van der Waals surface area contributed by atoms with E-state index in [0.717, 1.165) is 24.0 Å². The average molecular weight is 377 g/mol. The van der Waals surface area contributed by atoms with Gasteiger partial charge in [0, 0.05) is 18.7 Å². The fourth-order valence-corrected chi connectivity index (χ4v) is 3.31. The Bertz CT molecular complexity index is 960. The number of aromatic nitrogens is 3. The summed E-state index contributed by atoms with van der Waals surface area (Å²) in [4.78, 5) is 21.4. The standard InChI is InChI=1S/C22H27N5O/c1-4-17-13-10-14-18(5-2)19(17)20-24-21(25-22(28)27(20)6-3)26-23-15-16-11-8-7-9-12-16/h7-14,23H,4-6,15H2,1-3H3,(H,25,26,28). The molecule has 1 aromatic heterocycles. The van der Waals surface area contributed by atoms with E-state index in [4.69, 9.17) is 4.98 Å². The fraction of sp³-hybridized carbons (Fsp3) is 0.318. The highest BCUT2D eigenvalue weighted by Crippen LogP contribution is 2.27. The van der Waals surface area contributed by atoms with E-state index in [2.05, 4.69) is 47.9 Å². The van der Waals surface area contributed by atoms with Crippen molar-refractivity contribution in [3.05, 3.63) is 75.7 Å². The normalized spacial score (nSPS) is 10.8. The number of hydrazine groups is 1. The van der Waals surface area contributed by atoms with Crippen LogP contribution >= 0.6 is 0 Å². The number of nitrogens with zero attached hydrogens (tertiary/aromatic N) is 3. The van der Waals surface area contributed by atoms with Gasteiger partial charge in [0.25, 0.3) is 0 Å². The van der Waals surface area contributed by atoms with Gasteiger partial charge in [-0.25, -0.2) is 10.2 Å². The van der Waals surface area contributed by atoms with Crippen molar-refractivity contribution in [2.75, 3.05) is 5.43 Å². The highest BCUT2D eigenvalue weighted by Gasteiger charge is 2.17. The number of hydrogen-bond acceptors (Lipinski definition) is 5. The lowest BCUT2D eigenvalue weighted by Crippen LogP contribution is -2.30. The molecule has 2 N–H and O–H groups in total. The SMILES string of the molecule is CCc1cccc(CC)c1-c1nc(NNCc2ccccc2)nc(=O)n1CC. The molecular formula is C22H27N5O. The molecule has 0 fully saturated rings. The quantitative estimate of drug-likeness (QED) is 0.587. The van der Waals surface area contributed by atoms with E-state index >= 15 is 0 Å². The van der Waals surface area contributed by atoms with Crippen LogP contribution in [0.15, 0.2) is 53.3 Å². The zero-order valence-corrected chi connectivity index (χ0v) is 16.7. The molecule has 0 radical (unpaired) electrons. The lowest BCUT2D eigenvalue weighted by molar-refractivity contribution is 0.678. The van der Waals surface area contributed by atoms with Crippen molar-refractivity contribution in [1.82, 2.24) is 20.0 Å². The molecule has 0 unspecified atom stereocenters. The number of rotatable bonds is 8. The van der Waals surface area contributed by atoms with Gasteiger partial charge in [0.15, 0.2) is 0 Å². The Hall–Kier alpha value is -2.99. The zero-order chi connectivity index (χ0) is 19.9. The minimum absolute atomic E-state index is 0.286. The van der Waals surface area contributed by atoms with Crippen LogP contribution in [0.2, 0.25) is 0 Å². The highest BCUT2D eigenvalue weighted by molar-refractivity contribution is 5.66. The van der Waals surface area contributed by atoms with E-state index < -0.39 is 0 Å². The van der Waals surface area contributed by atoms with E-state index in [1.165, 1.54) is 11.1 Å². The van der Waals surface area contributed by atoms with Crippen molar-refractivity contribution in [3.63, 3.8) is 0 Å². The van der Waals surface area contributed by atoms with Gasteiger partial charge in [-0.05, 0) is 36.5 Å². The third kappa shape index (κ3) is 4.28. The van der Waals surface area contributed by atoms with Gasteiger partial charge in [-0.2, -0.15) is 9.97 Å². The monoisotopic (exact) mass is 377 g/mol. The van der Waals surface area contributed by atoms with Gasteiger partial charge < -0.3 is 0 Å². The molecule has 0 aliphatic rings. The van der Waals surface area contributed by atoms with Crippen LogP contribution in [-0.2, 0) is 25.9 Å². The maximum Gasteiger partial charge on any atom is 0.352 e. The lowest BCUT2D eigenvalue weighted by atomic mass is 9.97. The molecule has 0 atom stereocenters. The molecule has 0 saturated heterocycles. The summed E-state index contributed by atoms with van der Waals surface area (Å²) >= 11 is 0. The van der Waals surface area contributed by atoms with Crippen molar-refractivity contribution in [2.45, 2.75) is 46.7 Å². The predicted octanol–water partition coefficient (Wildman–Crippen LogP) is 3.57. The minimum atomic E-state index is -0.301. The molecule has 3 aromatic rings. The first-order chi connectivity index (χ1) is 13.7. The molecule has 3 rings (SSSR count). The molecule has 0 aliphatic heterocycles. The molecule has 6 nitrogen and oxygen atoms in total. The van der Waals surface area contributed by atoms with E-state index in [9.17, 15) is 4.79 Å². The second-order valence-electron chi connectivity index (χ2n) is 6.52. The smallest absolute Gasteiger partial charge is 0.289 e. The van der Waals surface area contributed by atoms with Crippen molar-refractivity contribution in [3.8, 4) is 11.4 Å². The Morgan fingerprint density at radius 2 is 1.57 bits per heavy atom. The summed E-state index contributed by atoms with van der Waals surface area (Å²) in [5.74, 6) is 0.953. The van der Waals surface area contributed by atoms with Gasteiger partial charge in [-0.1, -0.05) is 62.4 Å². The zero-order valence-electron chi connectivity index (χ0n) is 16.7. The van der Waals surface area contributed by atoms with E-state index in [-0.39, 0.29) is 11.6 Å². The summed E-state index contributed by atoms with van der Waals surface area (Å²) in [5, 5.41) is 0. The second-order valence-corrected chi connectivity index (χ2v) is 6.52. The van der Waals surface area contributed by atoms with Gasteiger partial charge in [-0.3, -0.25) is 9.99 Å². The van der Waals surface area contributed by atoms with Gasteiger partial charge in [0.1, 0.15) is 5.82 Å². The van der Waals surface area contributed by atoms with Crippen LogP contribution in [0, 0.1) is 0 Å². The van der Waals surface area contributed by atoms with Crippen LogP contribution in [0.25, 0.3) is 11.4 Å². The summed E-state index contributed by atoms with van der Waals surface area (Å²) in [6.45, 7) is 7.30. The third-order valence-electron chi connectivity index (χ3n) is 4.77. The van der Waals surface area contributed by atoms with E-state index in [1.54, 1.807) is 4.57 Å². The first kappa shape index (κ1) is 19.8. The van der Waals surface area contributed by atoms with Crippen LogP contribution in [0.4, 0.5) is 5.95 Å². The minimum Gasteiger partial charge on any atom is -0.289 e. The van der Waals surface area contributed by atoms with E-state index in [0.29, 0.717) is 18.9 Å². The van der Waals surface area contributed by atoms with Crippen molar-refractivity contribution < 1.29 is 0 Å². The Balaban J connectivity index is 1.97. The Morgan fingerprint density at radius 3 is 2.18 bits per heavy atom. The molecule has 0 amide bonds. The molecular weight excluding hydrogens is 350 g/mol. The Kier molecular flexibility index (Phi) is 6.55. The molecule has 6 heteroatoms. The molecule has 0 bridgehead atoms. The number of anilines is 1. The summed E-state index contributed by atoms with van der Waals surface area (Å²) in [7, 11) is 0. The second kappa shape index (κ2) is 9.28. The molecule has 0 saturated carbocycles. The number of benzene rings is 2. The molecule has 146 valence electrons. The number of nitrogens with one attached hydrogen (secondary N) is 2. The number of aryl methyl sites for hydroxylation is 2. The predicted molar refractivity (Wildman–Crippen MR) is 113 cm³/mol. The molecule has 0 spiro atoms. The van der Waals surface area contributed by atoms with Crippen LogP contribution in [0.5, 0.6) is 0 Å². The van der Waals surface area contributed by atoms with E-state index in [1.807, 2.05) is 37.3 Å². The van der Waals surface area contributed by atoms with Crippen LogP contribution in [0.3, 0.4) is 0 Å². The Morgan fingerprint density at radius 1 is 0.893 bits per heavy atom. The average Bonchev–Trinajstić information content (AvgIpc) is 2.73. The highest BCUT2D eigenvalue weighted by atomic mass is 16.1. The van der Waals surface area contributed by atoms with Gasteiger partial charge in [0.2, 0.25) is 5.95 Å².